The largest absolute Gasteiger partial charge is 0.314 e. The molecule has 3 heteroatoms. The standard InChI is InChI=1S/C17H33N3/c1-2-10-19-12-7-16(8-13-19)20-11-4-5-15(14-20)17-6-3-9-18-17/h15-18H,2-14H2,1H3. The average Bonchev–Trinajstić information content (AvgIpc) is 3.03. The molecule has 3 heterocycles. The predicted molar refractivity (Wildman–Crippen MR) is 85.1 cm³/mol. The van der Waals surface area contributed by atoms with Gasteiger partial charge < -0.3 is 10.2 Å². The van der Waals surface area contributed by atoms with E-state index in [2.05, 4.69) is 22.0 Å². The summed E-state index contributed by atoms with van der Waals surface area (Å²) in [6.45, 7) is 10.3. The van der Waals surface area contributed by atoms with E-state index in [0.29, 0.717) is 0 Å². The molecule has 3 rings (SSSR count). The van der Waals surface area contributed by atoms with Crippen LogP contribution >= 0.6 is 0 Å². The maximum Gasteiger partial charge on any atom is 0.0120 e. The highest BCUT2D eigenvalue weighted by atomic mass is 15.2. The van der Waals surface area contributed by atoms with Gasteiger partial charge in [-0.15, -0.1) is 0 Å². The van der Waals surface area contributed by atoms with Crippen molar-refractivity contribution in [2.75, 3.05) is 39.3 Å². The molecule has 0 aromatic carbocycles. The van der Waals surface area contributed by atoms with Crippen LogP contribution in [0.5, 0.6) is 0 Å². The summed E-state index contributed by atoms with van der Waals surface area (Å²) >= 11 is 0. The summed E-state index contributed by atoms with van der Waals surface area (Å²) in [7, 11) is 0. The van der Waals surface area contributed by atoms with Crippen LogP contribution < -0.4 is 5.32 Å². The molecule has 0 spiro atoms. The summed E-state index contributed by atoms with van der Waals surface area (Å²) in [4.78, 5) is 5.51. The normalized spacial score (nSPS) is 34.6. The first-order valence-electron chi connectivity index (χ1n) is 9.06. The van der Waals surface area contributed by atoms with E-state index in [0.717, 1.165) is 18.0 Å². The Balaban J connectivity index is 1.47. The molecule has 0 amide bonds. The van der Waals surface area contributed by atoms with Crippen molar-refractivity contribution in [2.24, 2.45) is 5.92 Å². The molecule has 0 aliphatic carbocycles. The molecule has 0 aromatic rings. The molecule has 3 saturated heterocycles. The predicted octanol–water partition coefficient (Wildman–Crippen LogP) is 2.32. The quantitative estimate of drug-likeness (QED) is 0.852. The van der Waals surface area contributed by atoms with Crippen molar-refractivity contribution in [3.8, 4) is 0 Å². The maximum absolute atomic E-state index is 3.74. The van der Waals surface area contributed by atoms with E-state index in [-0.39, 0.29) is 0 Å². The van der Waals surface area contributed by atoms with Crippen molar-refractivity contribution >= 4 is 0 Å². The lowest BCUT2D eigenvalue weighted by atomic mass is 9.88. The minimum absolute atomic E-state index is 0.831. The van der Waals surface area contributed by atoms with Gasteiger partial charge in [0, 0.05) is 18.6 Å². The molecule has 2 atom stereocenters. The van der Waals surface area contributed by atoms with Crippen LogP contribution in [0.3, 0.4) is 0 Å². The van der Waals surface area contributed by atoms with Gasteiger partial charge in [0.1, 0.15) is 0 Å². The van der Waals surface area contributed by atoms with Crippen molar-refractivity contribution in [1.82, 2.24) is 15.1 Å². The van der Waals surface area contributed by atoms with Crippen LogP contribution in [0.1, 0.15) is 51.9 Å². The van der Waals surface area contributed by atoms with Crippen molar-refractivity contribution < 1.29 is 0 Å². The molecule has 3 nitrogen and oxygen atoms in total. The number of nitrogens with zero attached hydrogens (tertiary/aromatic N) is 2. The topological polar surface area (TPSA) is 18.5 Å². The third-order valence-electron chi connectivity index (χ3n) is 5.77. The van der Waals surface area contributed by atoms with E-state index in [1.165, 1.54) is 84.2 Å². The summed E-state index contributed by atoms with van der Waals surface area (Å²) in [6.07, 6.45) is 9.84. The minimum Gasteiger partial charge on any atom is -0.314 e. The third-order valence-corrected chi connectivity index (χ3v) is 5.77. The van der Waals surface area contributed by atoms with Crippen molar-refractivity contribution in [2.45, 2.75) is 64.0 Å². The Kier molecular flexibility index (Phi) is 5.36. The summed E-state index contributed by atoms with van der Waals surface area (Å²) in [5.41, 5.74) is 0. The van der Waals surface area contributed by atoms with Crippen LogP contribution in [-0.2, 0) is 0 Å². The molecule has 0 bridgehead atoms. The molecule has 0 radical (unpaired) electrons. The number of likely N-dealkylation sites (tertiary alicyclic amines) is 2. The lowest BCUT2D eigenvalue weighted by molar-refractivity contribution is 0.0635. The van der Waals surface area contributed by atoms with Gasteiger partial charge in [0.2, 0.25) is 0 Å². The van der Waals surface area contributed by atoms with Crippen molar-refractivity contribution in [3.05, 3.63) is 0 Å². The van der Waals surface area contributed by atoms with Crippen LogP contribution in [-0.4, -0.2) is 61.2 Å². The van der Waals surface area contributed by atoms with E-state index < -0.39 is 0 Å². The Labute approximate surface area is 125 Å². The molecule has 116 valence electrons. The van der Waals surface area contributed by atoms with Gasteiger partial charge in [0.05, 0.1) is 0 Å². The molecular weight excluding hydrogens is 246 g/mol. The molecule has 1 N–H and O–H groups in total. The van der Waals surface area contributed by atoms with Crippen LogP contribution in [0.2, 0.25) is 0 Å². The Bertz CT molecular complexity index is 280. The minimum atomic E-state index is 0.831. The second kappa shape index (κ2) is 7.24. The monoisotopic (exact) mass is 279 g/mol. The maximum atomic E-state index is 3.74. The van der Waals surface area contributed by atoms with E-state index in [4.69, 9.17) is 0 Å². The molecule has 0 aromatic heterocycles. The molecular formula is C17H33N3. The highest BCUT2D eigenvalue weighted by Gasteiger charge is 2.32. The Hall–Kier alpha value is -0.120. The first-order chi connectivity index (χ1) is 9.86. The van der Waals surface area contributed by atoms with Gasteiger partial charge >= 0.3 is 0 Å². The molecule has 0 saturated carbocycles. The summed E-state index contributed by atoms with van der Waals surface area (Å²) in [5, 5.41) is 3.74. The first-order valence-corrected chi connectivity index (χ1v) is 9.06. The number of nitrogens with one attached hydrogen (secondary N) is 1. The van der Waals surface area contributed by atoms with E-state index in [9.17, 15) is 0 Å². The Morgan fingerprint density at radius 2 is 1.85 bits per heavy atom. The lowest BCUT2D eigenvalue weighted by Crippen LogP contribution is -2.51. The molecule has 2 unspecified atom stereocenters. The molecule has 3 fully saturated rings. The zero-order valence-electron chi connectivity index (χ0n) is 13.3. The SMILES string of the molecule is CCCN1CCC(N2CCCC(C3CCCN3)C2)CC1. The van der Waals surface area contributed by atoms with Crippen LogP contribution in [0.4, 0.5) is 0 Å². The Morgan fingerprint density at radius 3 is 2.55 bits per heavy atom. The van der Waals surface area contributed by atoms with Gasteiger partial charge in [-0.25, -0.2) is 0 Å². The second-order valence-corrected chi connectivity index (χ2v) is 7.17. The number of rotatable bonds is 4. The third kappa shape index (κ3) is 3.55. The van der Waals surface area contributed by atoms with Crippen molar-refractivity contribution in [3.63, 3.8) is 0 Å². The van der Waals surface area contributed by atoms with E-state index in [1.54, 1.807) is 0 Å². The van der Waals surface area contributed by atoms with Crippen LogP contribution in [0.25, 0.3) is 0 Å². The number of hydrogen-bond donors (Lipinski definition) is 1. The molecule has 3 aliphatic heterocycles. The second-order valence-electron chi connectivity index (χ2n) is 7.17. The molecule has 20 heavy (non-hydrogen) atoms. The fourth-order valence-electron chi connectivity index (χ4n) is 4.64. The first kappa shape index (κ1) is 14.8. The van der Waals surface area contributed by atoms with Gasteiger partial charge in [-0.3, -0.25) is 4.90 Å². The van der Waals surface area contributed by atoms with Gasteiger partial charge in [0.15, 0.2) is 0 Å². The van der Waals surface area contributed by atoms with Gasteiger partial charge in [0.25, 0.3) is 0 Å². The summed E-state index contributed by atoms with van der Waals surface area (Å²) in [5.74, 6) is 0.930. The zero-order chi connectivity index (χ0) is 13.8. The van der Waals surface area contributed by atoms with Gasteiger partial charge in [-0.2, -0.15) is 0 Å². The molecule has 3 aliphatic rings. The van der Waals surface area contributed by atoms with E-state index >= 15 is 0 Å². The van der Waals surface area contributed by atoms with Crippen LogP contribution in [0.15, 0.2) is 0 Å². The fraction of sp³-hybridized carbons (Fsp3) is 1.00. The fourth-order valence-corrected chi connectivity index (χ4v) is 4.64. The summed E-state index contributed by atoms with van der Waals surface area (Å²) < 4.78 is 0. The van der Waals surface area contributed by atoms with Gasteiger partial charge in [-0.05, 0) is 83.6 Å². The zero-order valence-corrected chi connectivity index (χ0v) is 13.3. The smallest absolute Gasteiger partial charge is 0.0120 e. The highest BCUT2D eigenvalue weighted by Crippen LogP contribution is 2.28. The Morgan fingerprint density at radius 1 is 1.00 bits per heavy atom. The van der Waals surface area contributed by atoms with E-state index in [1.807, 2.05) is 0 Å². The number of piperidine rings is 2. The van der Waals surface area contributed by atoms with Gasteiger partial charge in [-0.1, -0.05) is 6.92 Å². The highest BCUT2D eigenvalue weighted by molar-refractivity contribution is 4.89. The average molecular weight is 279 g/mol. The van der Waals surface area contributed by atoms with Crippen molar-refractivity contribution in [1.29, 1.82) is 0 Å². The van der Waals surface area contributed by atoms with Crippen LogP contribution in [0, 0.1) is 5.92 Å². The lowest BCUT2D eigenvalue weighted by Gasteiger charge is -2.43. The number of hydrogen-bond acceptors (Lipinski definition) is 3. The summed E-state index contributed by atoms with van der Waals surface area (Å²) in [6, 6.07) is 1.71.